The zero-order valence-electron chi connectivity index (χ0n) is 13.6. The maximum atomic E-state index is 4.27. The Bertz CT molecular complexity index is 277. The molecule has 5 nitrogen and oxygen atoms in total. The SMILES string of the molecule is CCC(C)NC(=NC)NCC(C)N1CCN(C)CC1.I. The Labute approximate surface area is 141 Å². The molecular weight excluding hydrogens is 365 g/mol. The predicted molar refractivity (Wildman–Crippen MR) is 98.2 cm³/mol. The van der Waals surface area contributed by atoms with Crippen LogP contribution in [0.15, 0.2) is 4.99 Å². The van der Waals surface area contributed by atoms with Gasteiger partial charge in [0.05, 0.1) is 0 Å². The van der Waals surface area contributed by atoms with Gasteiger partial charge in [0.25, 0.3) is 0 Å². The van der Waals surface area contributed by atoms with Crippen LogP contribution < -0.4 is 10.6 Å². The number of likely N-dealkylation sites (N-methyl/N-ethyl adjacent to an activating group) is 1. The Balaban J connectivity index is 0.00000361. The monoisotopic (exact) mass is 397 g/mol. The minimum atomic E-state index is 0. The molecule has 0 aliphatic carbocycles. The van der Waals surface area contributed by atoms with Crippen molar-refractivity contribution < 1.29 is 0 Å². The summed E-state index contributed by atoms with van der Waals surface area (Å²) in [6.45, 7) is 12.3. The van der Waals surface area contributed by atoms with Crippen LogP contribution in [0.2, 0.25) is 0 Å². The number of aliphatic imine (C=N–C) groups is 1. The van der Waals surface area contributed by atoms with Crippen molar-refractivity contribution in [3.8, 4) is 0 Å². The van der Waals surface area contributed by atoms with Gasteiger partial charge < -0.3 is 15.5 Å². The number of halogens is 1. The highest BCUT2D eigenvalue weighted by Crippen LogP contribution is 2.03. The molecule has 0 aromatic heterocycles. The van der Waals surface area contributed by atoms with Crippen LogP contribution in [0.25, 0.3) is 0 Å². The second kappa shape index (κ2) is 10.6. The predicted octanol–water partition coefficient (Wildman–Crippen LogP) is 1.20. The fourth-order valence-electron chi connectivity index (χ4n) is 2.17. The van der Waals surface area contributed by atoms with Crippen LogP contribution >= 0.6 is 24.0 Å². The third-order valence-electron chi connectivity index (χ3n) is 3.95. The first kappa shape index (κ1) is 19.9. The van der Waals surface area contributed by atoms with E-state index in [2.05, 4.69) is 53.2 Å². The second-order valence-electron chi connectivity index (χ2n) is 5.60. The van der Waals surface area contributed by atoms with E-state index in [1.807, 2.05) is 7.05 Å². The van der Waals surface area contributed by atoms with Crippen molar-refractivity contribution >= 4 is 29.9 Å². The molecule has 0 amide bonds. The lowest BCUT2D eigenvalue weighted by molar-refractivity contribution is 0.120. The molecule has 20 heavy (non-hydrogen) atoms. The van der Waals surface area contributed by atoms with Gasteiger partial charge in [-0.1, -0.05) is 6.92 Å². The molecule has 0 radical (unpaired) electrons. The summed E-state index contributed by atoms with van der Waals surface area (Å²) in [5, 5.41) is 6.82. The van der Waals surface area contributed by atoms with Gasteiger partial charge in [-0.05, 0) is 27.3 Å². The van der Waals surface area contributed by atoms with Crippen molar-refractivity contribution in [2.45, 2.75) is 39.3 Å². The molecule has 6 heteroatoms. The van der Waals surface area contributed by atoms with E-state index < -0.39 is 0 Å². The van der Waals surface area contributed by atoms with Crippen LogP contribution in [0, 0.1) is 0 Å². The largest absolute Gasteiger partial charge is 0.355 e. The minimum Gasteiger partial charge on any atom is -0.355 e. The smallest absolute Gasteiger partial charge is 0.191 e. The van der Waals surface area contributed by atoms with Crippen molar-refractivity contribution in [2.75, 3.05) is 46.8 Å². The van der Waals surface area contributed by atoms with Gasteiger partial charge in [-0.2, -0.15) is 0 Å². The summed E-state index contributed by atoms with van der Waals surface area (Å²) in [6, 6.07) is 1.01. The van der Waals surface area contributed by atoms with E-state index in [0.717, 1.165) is 32.0 Å². The number of piperazine rings is 1. The van der Waals surface area contributed by atoms with Gasteiger partial charge in [-0.3, -0.25) is 9.89 Å². The van der Waals surface area contributed by atoms with E-state index in [-0.39, 0.29) is 24.0 Å². The lowest BCUT2D eigenvalue weighted by Gasteiger charge is -2.36. The highest BCUT2D eigenvalue weighted by atomic mass is 127. The molecule has 0 spiro atoms. The van der Waals surface area contributed by atoms with Crippen molar-refractivity contribution in [3.63, 3.8) is 0 Å². The quantitative estimate of drug-likeness (QED) is 0.416. The van der Waals surface area contributed by atoms with Crippen LogP contribution in [0.5, 0.6) is 0 Å². The standard InChI is InChI=1S/C14H31N5.HI/c1-6-12(2)17-14(15-4)16-11-13(3)19-9-7-18(5)8-10-19;/h12-13H,6-11H2,1-5H3,(H2,15,16,17);1H. The molecule has 2 atom stereocenters. The summed E-state index contributed by atoms with van der Waals surface area (Å²) in [7, 11) is 4.02. The fraction of sp³-hybridized carbons (Fsp3) is 0.929. The second-order valence-corrected chi connectivity index (χ2v) is 5.60. The normalized spacial score (nSPS) is 20.9. The van der Waals surface area contributed by atoms with E-state index in [0.29, 0.717) is 12.1 Å². The average Bonchev–Trinajstić information content (AvgIpc) is 2.43. The number of guanidine groups is 1. The molecule has 120 valence electrons. The number of nitrogens with one attached hydrogen (secondary N) is 2. The highest BCUT2D eigenvalue weighted by Gasteiger charge is 2.19. The Morgan fingerprint density at radius 3 is 2.30 bits per heavy atom. The third-order valence-corrected chi connectivity index (χ3v) is 3.95. The molecule has 2 unspecified atom stereocenters. The van der Waals surface area contributed by atoms with Gasteiger partial charge in [-0.25, -0.2) is 0 Å². The first-order valence-electron chi connectivity index (χ1n) is 7.46. The maximum Gasteiger partial charge on any atom is 0.191 e. The van der Waals surface area contributed by atoms with Crippen LogP contribution in [-0.2, 0) is 0 Å². The number of nitrogens with zero attached hydrogens (tertiary/aromatic N) is 3. The molecule has 0 aromatic carbocycles. The van der Waals surface area contributed by atoms with Crippen molar-refractivity contribution in [1.82, 2.24) is 20.4 Å². The van der Waals surface area contributed by atoms with E-state index in [1.165, 1.54) is 13.1 Å². The summed E-state index contributed by atoms with van der Waals surface area (Å²) < 4.78 is 0. The molecular formula is C14H32IN5. The zero-order valence-corrected chi connectivity index (χ0v) is 16.0. The van der Waals surface area contributed by atoms with E-state index >= 15 is 0 Å². The summed E-state index contributed by atoms with van der Waals surface area (Å²) in [6.07, 6.45) is 1.11. The van der Waals surface area contributed by atoms with E-state index in [9.17, 15) is 0 Å². The number of rotatable bonds is 5. The molecule has 1 saturated heterocycles. The summed E-state index contributed by atoms with van der Waals surface area (Å²) >= 11 is 0. The van der Waals surface area contributed by atoms with E-state index in [4.69, 9.17) is 0 Å². The molecule has 1 fully saturated rings. The average molecular weight is 397 g/mol. The van der Waals surface area contributed by atoms with Crippen molar-refractivity contribution in [1.29, 1.82) is 0 Å². The van der Waals surface area contributed by atoms with Gasteiger partial charge in [0.15, 0.2) is 5.96 Å². The Hall–Kier alpha value is -0.0800. The first-order valence-corrected chi connectivity index (χ1v) is 7.46. The molecule has 2 N–H and O–H groups in total. The topological polar surface area (TPSA) is 42.9 Å². The van der Waals surface area contributed by atoms with Crippen molar-refractivity contribution in [2.24, 2.45) is 4.99 Å². The van der Waals surface area contributed by atoms with Gasteiger partial charge in [0.1, 0.15) is 0 Å². The maximum absolute atomic E-state index is 4.27. The number of hydrogen-bond acceptors (Lipinski definition) is 3. The molecule has 0 aromatic rings. The van der Waals surface area contributed by atoms with Crippen LogP contribution in [-0.4, -0.2) is 74.7 Å². The Morgan fingerprint density at radius 2 is 1.80 bits per heavy atom. The van der Waals surface area contributed by atoms with Gasteiger partial charge in [0, 0.05) is 51.9 Å². The summed E-state index contributed by atoms with van der Waals surface area (Å²) in [4.78, 5) is 9.21. The molecule has 1 rings (SSSR count). The summed E-state index contributed by atoms with van der Waals surface area (Å²) in [5.74, 6) is 0.912. The molecule has 1 aliphatic heterocycles. The molecule has 1 aliphatic rings. The van der Waals surface area contributed by atoms with Gasteiger partial charge >= 0.3 is 0 Å². The van der Waals surface area contributed by atoms with Gasteiger partial charge in [-0.15, -0.1) is 24.0 Å². The first-order chi connectivity index (χ1) is 9.06. The summed E-state index contributed by atoms with van der Waals surface area (Å²) in [5.41, 5.74) is 0. The zero-order chi connectivity index (χ0) is 14.3. The molecule has 0 saturated carbocycles. The highest BCUT2D eigenvalue weighted by molar-refractivity contribution is 14.0. The number of hydrogen-bond donors (Lipinski definition) is 2. The van der Waals surface area contributed by atoms with Crippen molar-refractivity contribution in [3.05, 3.63) is 0 Å². The minimum absolute atomic E-state index is 0. The molecule has 0 bridgehead atoms. The third kappa shape index (κ3) is 7.08. The Kier molecular flexibility index (Phi) is 10.6. The lowest BCUT2D eigenvalue weighted by Crippen LogP contribution is -2.52. The van der Waals surface area contributed by atoms with E-state index in [1.54, 1.807) is 0 Å². The molecule has 1 heterocycles. The van der Waals surface area contributed by atoms with Gasteiger partial charge in [0.2, 0.25) is 0 Å². The van der Waals surface area contributed by atoms with Crippen LogP contribution in [0.3, 0.4) is 0 Å². The van der Waals surface area contributed by atoms with Crippen LogP contribution in [0.1, 0.15) is 27.2 Å². The lowest BCUT2D eigenvalue weighted by atomic mass is 10.2. The Morgan fingerprint density at radius 1 is 1.20 bits per heavy atom. The fourth-order valence-corrected chi connectivity index (χ4v) is 2.17. The van der Waals surface area contributed by atoms with Crippen LogP contribution in [0.4, 0.5) is 0 Å².